The molecule has 0 N–H and O–H groups in total. The summed E-state index contributed by atoms with van der Waals surface area (Å²) < 4.78 is 0. The van der Waals surface area contributed by atoms with E-state index in [2.05, 4.69) is 0 Å². The third-order valence-electron chi connectivity index (χ3n) is 2.87. The van der Waals surface area contributed by atoms with E-state index >= 15 is 0 Å². The molecule has 2 amide bonds. The molecule has 3 heteroatoms. The van der Waals surface area contributed by atoms with Gasteiger partial charge in [-0.25, -0.2) is 0 Å². The fourth-order valence-electron chi connectivity index (χ4n) is 2.08. The fraction of sp³-hybridized carbons (Fsp3) is 0.714. The van der Waals surface area contributed by atoms with Gasteiger partial charge in [-0.2, -0.15) is 0 Å². The molecule has 1 heterocycles. The van der Waals surface area contributed by atoms with Crippen molar-refractivity contribution in [3.8, 4) is 0 Å². The van der Waals surface area contributed by atoms with Crippen molar-refractivity contribution >= 4 is 11.8 Å². The second-order valence-corrected chi connectivity index (χ2v) is 6.61. The minimum Gasteiger partial charge on any atom is -0.274 e. The van der Waals surface area contributed by atoms with Crippen molar-refractivity contribution < 1.29 is 9.59 Å². The van der Waals surface area contributed by atoms with Crippen molar-refractivity contribution in [3.63, 3.8) is 0 Å². The molecule has 0 aromatic heterocycles. The van der Waals surface area contributed by atoms with Crippen LogP contribution >= 0.6 is 0 Å². The van der Waals surface area contributed by atoms with Crippen LogP contribution in [-0.2, 0) is 9.59 Å². The number of allylic oxidation sites excluding steroid dienone is 1. The molecule has 0 aliphatic carbocycles. The molecular formula is C14H23NO2. The summed E-state index contributed by atoms with van der Waals surface area (Å²) in [7, 11) is 0. The summed E-state index contributed by atoms with van der Waals surface area (Å²) in [5.74, 6) is -0.203. The highest BCUT2D eigenvalue weighted by atomic mass is 16.2. The lowest BCUT2D eigenvalue weighted by Gasteiger charge is -2.35. The second kappa shape index (κ2) is 4.28. The van der Waals surface area contributed by atoms with Crippen LogP contribution in [0.5, 0.6) is 0 Å². The van der Waals surface area contributed by atoms with Gasteiger partial charge in [-0.15, -0.1) is 0 Å². The van der Waals surface area contributed by atoms with Crippen LogP contribution in [0.4, 0.5) is 0 Å². The smallest absolute Gasteiger partial charge is 0.257 e. The topological polar surface area (TPSA) is 37.4 Å². The average Bonchev–Trinajstić information content (AvgIpc) is 2.20. The van der Waals surface area contributed by atoms with Gasteiger partial charge in [0.25, 0.3) is 5.91 Å². The van der Waals surface area contributed by atoms with Crippen LogP contribution in [0.1, 0.15) is 54.4 Å². The quantitative estimate of drug-likeness (QED) is 0.607. The zero-order chi connectivity index (χ0) is 13.4. The standard InChI is InChI=1S/C14H23NO2/c1-13(2,3)10-8-7-9-11(16)15(12(10)17)14(4,5)6/h8H,7,9H2,1-6H3. The van der Waals surface area contributed by atoms with Gasteiger partial charge in [0, 0.05) is 17.5 Å². The number of carbonyl (C=O) groups excluding carboxylic acids is 2. The van der Waals surface area contributed by atoms with E-state index < -0.39 is 5.54 Å². The molecule has 17 heavy (non-hydrogen) atoms. The van der Waals surface area contributed by atoms with Crippen molar-refractivity contribution in [2.24, 2.45) is 5.41 Å². The fourth-order valence-corrected chi connectivity index (χ4v) is 2.08. The van der Waals surface area contributed by atoms with Gasteiger partial charge in [-0.05, 0) is 32.6 Å². The molecule has 0 fully saturated rings. The second-order valence-electron chi connectivity index (χ2n) is 6.61. The lowest BCUT2D eigenvalue weighted by Crippen LogP contribution is -2.50. The summed E-state index contributed by atoms with van der Waals surface area (Å²) >= 11 is 0. The molecule has 0 bridgehead atoms. The minimum absolute atomic E-state index is 0.0713. The summed E-state index contributed by atoms with van der Waals surface area (Å²) in [5.41, 5.74) is 0.0758. The number of rotatable bonds is 0. The molecule has 0 atom stereocenters. The molecule has 0 radical (unpaired) electrons. The first kappa shape index (κ1) is 13.9. The largest absolute Gasteiger partial charge is 0.274 e. The Labute approximate surface area is 104 Å². The van der Waals surface area contributed by atoms with E-state index in [1.807, 2.05) is 47.6 Å². The number of carbonyl (C=O) groups is 2. The van der Waals surface area contributed by atoms with Gasteiger partial charge in [-0.3, -0.25) is 14.5 Å². The molecule has 3 nitrogen and oxygen atoms in total. The van der Waals surface area contributed by atoms with Gasteiger partial charge < -0.3 is 0 Å². The van der Waals surface area contributed by atoms with E-state index in [1.165, 1.54) is 4.90 Å². The van der Waals surface area contributed by atoms with Crippen LogP contribution in [0.15, 0.2) is 11.6 Å². The Morgan fingerprint density at radius 1 is 1.06 bits per heavy atom. The highest BCUT2D eigenvalue weighted by Gasteiger charge is 2.38. The van der Waals surface area contributed by atoms with Gasteiger partial charge in [0.1, 0.15) is 0 Å². The highest BCUT2D eigenvalue weighted by molar-refractivity contribution is 6.06. The zero-order valence-corrected chi connectivity index (χ0v) is 11.8. The number of hydrogen-bond acceptors (Lipinski definition) is 2. The summed E-state index contributed by atoms with van der Waals surface area (Å²) in [6.45, 7) is 11.7. The van der Waals surface area contributed by atoms with Gasteiger partial charge in [0.2, 0.25) is 5.91 Å². The Morgan fingerprint density at radius 3 is 2.00 bits per heavy atom. The van der Waals surface area contributed by atoms with E-state index in [4.69, 9.17) is 0 Å². The summed E-state index contributed by atoms with van der Waals surface area (Å²) in [4.78, 5) is 25.9. The summed E-state index contributed by atoms with van der Waals surface area (Å²) in [6, 6.07) is 0. The maximum Gasteiger partial charge on any atom is 0.257 e. The van der Waals surface area contributed by atoms with Crippen molar-refractivity contribution in [2.45, 2.75) is 59.9 Å². The molecule has 0 spiro atoms. The SMILES string of the molecule is CC(C)(C)C1=CCCC(=O)N(C(C)(C)C)C1=O. The number of amides is 2. The van der Waals surface area contributed by atoms with E-state index in [9.17, 15) is 9.59 Å². The number of nitrogens with zero attached hydrogens (tertiary/aromatic N) is 1. The van der Waals surface area contributed by atoms with E-state index in [1.54, 1.807) is 0 Å². The lowest BCUT2D eigenvalue weighted by atomic mass is 9.84. The van der Waals surface area contributed by atoms with Crippen LogP contribution in [0.25, 0.3) is 0 Å². The zero-order valence-electron chi connectivity index (χ0n) is 11.8. The Kier molecular flexibility index (Phi) is 3.51. The predicted octanol–water partition coefficient (Wildman–Crippen LogP) is 2.91. The Bertz CT molecular complexity index is 367. The normalized spacial score (nSPS) is 19.2. The van der Waals surface area contributed by atoms with E-state index in [0.717, 1.165) is 5.57 Å². The molecule has 1 aliphatic rings. The molecular weight excluding hydrogens is 214 g/mol. The van der Waals surface area contributed by atoms with E-state index in [0.29, 0.717) is 12.8 Å². The average molecular weight is 237 g/mol. The van der Waals surface area contributed by atoms with Gasteiger partial charge in [0.05, 0.1) is 0 Å². The molecule has 96 valence electrons. The molecule has 1 aliphatic heterocycles. The van der Waals surface area contributed by atoms with Crippen LogP contribution < -0.4 is 0 Å². The Balaban J connectivity index is 3.20. The lowest BCUT2D eigenvalue weighted by molar-refractivity contribution is -0.148. The Hall–Kier alpha value is -1.12. The van der Waals surface area contributed by atoms with Crippen LogP contribution in [-0.4, -0.2) is 22.3 Å². The summed E-state index contributed by atoms with van der Waals surface area (Å²) in [5, 5.41) is 0. The summed E-state index contributed by atoms with van der Waals surface area (Å²) in [6.07, 6.45) is 3.00. The van der Waals surface area contributed by atoms with Crippen molar-refractivity contribution in [3.05, 3.63) is 11.6 Å². The van der Waals surface area contributed by atoms with Crippen molar-refractivity contribution in [1.82, 2.24) is 4.90 Å². The maximum atomic E-state index is 12.5. The molecule has 1 rings (SSSR count). The predicted molar refractivity (Wildman–Crippen MR) is 68.4 cm³/mol. The molecule has 0 unspecified atom stereocenters. The van der Waals surface area contributed by atoms with Crippen LogP contribution in [0, 0.1) is 5.41 Å². The third-order valence-corrected chi connectivity index (χ3v) is 2.87. The van der Waals surface area contributed by atoms with Gasteiger partial charge >= 0.3 is 0 Å². The highest BCUT2D eigenvalue weighted by Crippen LogP contribution is 2.32. The van der Waals surface area contributed by atoms with Gasteiger partial charge in [-0.1, -0.05) is 26.8 Å². The minimum atomic E-state index is -0.456. The van der Waals surface area contributed by atoms with Crippen LogP contribution in [0.2, 0.25) is 0 Å². The molecule has 0 aromatic rings. The number of hydrogen-bond donors (Lipinski definition) is 0. The molecule has 0 aromatic carbocycles. The van der Waals surface area contributed by atoms with E-state index in [-0.39, 0.29) is 17.2 Å². The maximum absolute atomic E-state index is 12.5. The molecule has 0 saturated carbocycles. The first-order chi connectivity index (χ1) is 7.55. The monoisotopic (exact) mass is 237 g/mol. The van der Waals surface area contributed by atoms with Crippen LogP contribution in [0.3, 0.4) is 0 Å². The Morgan fingerprint density at radius 2 is 1.59 bits per heavy atom. The van der Waals surface area contributed by atoms with Crippen molar-refractivity contribution in [2.75, 3.05) is 0 Å². The van der Waals surface area contributed by atoms with Crippen molar-refractivity contribution in [1.29, 1.82) is 0 Å². The first-order valence-corrected chi connectivity index (χ1v) is 6.13. The molecule has 0 saturated heterocycles. The first-order valence-electron chi connectivity index (χ1n) is 6.13. The van der Waals surface area contributed by atoms with Gasteiger partial charge in [0.15, 0.2) is 0 Å². The number of imide groups is 1. The third kappa shape index (κ3) is 2.96.